The molecule has 0 bridgehead atoms. The normalized spacial score (nSPS) is 10.7. The van der Waals surface area contributed by atoms with Crippen LogP contribution in [-0.4, -0.2) is 18.6 Å². The average Bonchev–Trinajstić information content (AvgIpc) is 2.42. The molecule has 0 aromatic heterocycles. The van der Waals surface area contributed by atoms with Crippen molar-refractivity contribution in [2.45, 2.75) is 26.7 Å². The zero-order valence-electron chi connectivity index (χ0n) is 12.0. The number of methoxy groups -OCH3 is 1. The lowest BCUT2D eigenvalue weighted by atomic mass is 9.88. The van der Waals surface area contributed by atoms with E-state index in [0.717, 1.165) is 6.42 Å². The lowest BCUT2D eigenvalue weighted by molar-refractivity contribution is -0.384. The highest BCUT2D eigenvalue weighted by molar-refractivity contribution is 5.63. The maximum Gasteiger partial charge on any atom is 0.296 e. The third-order valence-corrected chi connectivity index (χ3v) is 3.07. The molecule has 0 spiro atoms. The van der Waals surface area contributed by atoms with Gasteiger partial charge in [-0.15, -0.1) is 0 Å². The number of nitro benzene ring substituents is 1. The minimum Gasteiger partial charge on any atom is -0.496 e. The first kappa shape index (κ1) is 15.8. The van der Waals surface area contributed by atoms with Crippen molar-refractivity contribution in [2.75, 3.05) is 19.0 Å². The van der Waals surface area contributed by atoms with Gasteiger partial charge in [0.1, 0.15) is 11.4 Å². The molecule has 0 unspecified atom stereocenters. The Morgan fingerprint density at radius 2 is 2.20 bits per heavy atom. The summed E-state index contributed by atoms with van der Waals surface area (Å²) in [5.41, 5.74) is 0.338. The summed E-state index contributed by atoms with van der Waals surface area (Å²) < 4.78 is 4.99. The summed E-state index contributed by atoms with van der Waals surface area (Å²) in [5, 5.41) is 22.8. The van der Waals surface area contributed by atoms with Gasteiger partial charge in [0, 0.05) is 13.0 Å². The van der Waals surface area contributed by atoms with E-state index >= 15 is 0 Å². The Labute approximate surface area is 118 Å². The summed E-state index contributed by atoms with van der Waals surface area (Å²) in [7, 11) is 1.47. The van der Waals surface area contributed by atoms with Gasteiger partial charge in [0.25, 0.3) is 5.69 Å². The Morgan fingerprint density at radius 3 is 2.75 bits per heavy atom. The second kappa shape index (κ2) is 6.75. The van der Waals surface area contributed by atoms with Crippen molar-refractivity contribution in [2.24, 2.45) is 5.41 Å². The third kappa shape index (κ3) is 4.43. The molecule has 1 aromatic rings. The molecular weight excluding hydrogens is 258 g/mol. The third-order valence-electron chi connectivity index (χ3n) is 3.07. The summed E-state index contributed by atoms with van der Waals surface area (Å²) in [4.78, 5) is 10.6. The molecule has 1 aromatic carbocycles. The highest BCUT2D eigenvalue weighted by atomic mass is 16.6. The van der Waals surface area contributed by atoms with Crippen molar-refractivity contribution in [1.82, 2.24) is 0 Å². The fourth-order valence-corrected chi connectivity index (χ4v) is 1.76. The van der Waals surface area contributed by atoms with Crippen molar-refractivity contribution in [1.29, 1.82) is 5.26 Å². The molecule has 1 rings (SSSR count). The second-order valence-corrected chi connectivity index (χ2v) is 5.32. The van der Waals surface area contributed by atoms with E-state index in [4.69, 9.17) is 10.00 Å². The number of anilines is 1. The minimum atomic E-state index is -0.437. The van der Waals surface area contributed by atoms with Crippen LogP contribution < -0.4 is 10.1 Å². The van der Waals surface area contributed by atoms with Gasteiger partial charge in [-0.1, -0.05) is 13.8 Å². The molecule has 0 fully saturated rings. The second-order valence-electron chi connectivity index (χ2n) is 5.32. The topological polar surface area (TPSA) is 88.2 Å². The van der Waals surface area contributed by atoms with Crippen LogP contribution in [0, 0.1) is 26.9 Å². The highest BCUT2D eigenvalue weighted by Gasteiger charge is 2.20. The lowest BCUT2D eigenvalue weighted by Crippen LogP contribution is -2.23. The molecule has 0 saturated heterocycles. The molecule has 0 amide bonds. The van der Waals surface area contributed by atoms with Gasteiger partial charge >= 0.3 is 0 Å². The van der Waals surface area contributed by atoms with Gasteiger partial charge in [-0.3, -0.25) is 10.1 Å². The van der Waals surface area contributed by atoms with E-state index in [1.807, 2.05) is 13.8 Å². The molecule has 0 aliphatic rings. The number of nitro groups is 1. The van der Waals surface area contributed by atoms with Crippen LogP contribution in [0.5, 0.6) is 5.75 Å². The maximum absolute atomic E-state index is 11.1. The summed E-state index contributed by atoms with van der Waals surface area (Å²) in [5.74, 6) is 0.450. The Balaban J connectivity index is 2.82. The molecule has 6 nitrogen and oxygen atoms in total. The SMILES string of the molecule is COc1ccc(NCC(C)(C)CCC#N)c([N+](=O)[O-])c1. The summed E-state index contributed by atoms with van der Waals surface area (Å²) in [6.07, 6.45) is 1.21. The van der Waals surface area contributed by atoms with Gasteiger partial charge < -0.3 is 10.1 Å². The smallest absolute Gasteiger partial charge is 0.296 e. The van der Waals surface area contributed by atoms with Gasteiger partial charge in [-0.2, -0.15) is 5.26 Å². The van der Waals surface area contributed by atoms with Crippen LogP contribution in [0.2, 0.25) is 0 Å². The number of nitrogens with one attached hydrogen (secondary N) is 1. The highest BCUT2D eigenvalue weighted by Crippen LogP contribution is 2.30. The predicted octanol–water partition coefficient (Wildman–Crippen LogP) is 3.35. The van der Waals surface area contributed by atoms with Crippen molar-refractivity contribution in [3.05, 3.63) is 28.3 Å². The van der Waals surface area contributed by atoms with Gasteiger partial charge in [-0.25, -0.2) is 0 Å². The minimum absolute atomic E-state index is 0.0135. The Kier molecular flexibility index (Phi) is 5.32. The molecule has 0 saturated carbocycles. The van der Waals surface area contributed by atoms with Crippen molar-refractivity contribution in [3.8, 4) is 11.8 Å². The zero-order valence-corrected chi connectivity index (χ0v) is 12.0. The average molecular weight is 277 g/mol. The Morgan fingerprint density at radius 1 is 1.50 bits per heavy atom. The number of nitrogens with zero attached hydrogens (tertiary/aromatic N) is 2. The summed E-state index contributed by atoms with van der Waals surface area (Å²) in [6, 6.07) is 6.82. The number of nitriles is 1. The molecule has 0 radical (unpaired) electrons. The fourth-order valence-electron chi connectivity index (χ4n) is 1.76. The molecule has 108 valence electrons. The van der Waals surface area contributed by atoms with Crippen LogP contribution in [0.25, 0.3) is 0 Å². The van der Waals surface area contributed by atoms with Crippen LogP contribution in [0.15, 0.2) is 18.2 Å². The Hall–Kier alpha value is -2.29. The van der Waals surface area contributed by atoms with Gasteiger partial charge in [0.15, 0.2) is 0 Å². The number of hydrogen-bond acceptors (Lipinski definition) is 5. The van der Waals surface area contributed by atoms with E-state index in [2.05, 4.69) is 11.4 Å². The van der Waals surface area contributed by atoms with Crippen molar-refractivity contribution >= 4 is 11.4 Å². The van der Waals surface area contributed by atoms with Gasteiger partial charge in [0.2, 0.25) is 0 Å². The molecule has 20 heavy (non-hydrogen) atoms. The van der Waals surface area contributed by atoms with Crippen LogP contribution >= 0.6 is 0 Å². The molecule has 6 heteroatoms. The number of hydrogen-bond donors (Lipinski definition) is 1. The lowest BCUT2D eigenvalue weighted by Gasteiger charge is -2.24. The first-order valence-electron chi connectivity index (χ1n) is 6.33. The number of ether oxygens (including phenoxy) is 1. The zero-order chi connectivity index (χ0) is 15.2. The molecule has 0 heterocycles. The molecule has 0 aliphatic heterocycles. The van der Waals surface area contributed by atoms with Gasteiger partial charge in [-0.05, 0) is 24.0 Å². The molecule has 1 N–H and O–H groups in total. The monoisotopic (exact) mass is 277 g/mol. The Bertz CT molecular complexity index is 521. The maximum atomic E-state index is 11.1. The van der Waals surface area contributed by atoms with Crippen LogP contribution in [-0.2, 0) is 0 Å². The number of benzene rings is 1. The van der Waals surface area contributed by atoms with E-state index in [-0.39, 0.29) is 11.1 Å². The van der Waals surface area contributed by atoms with E-state index in [9.17, 15) is 10.1 Å². The molecule has 0 aliphatic carbocycles. The number of rotatable bonds is 7. The quantitative estimate of drug-likeness (QED) is 0.610. The molecule has 0 atom stereocenters. The summed E-state index contributed by atoms with van der Waals surface area (Å²) >= 11 is 0. The van der Waals surface area contributed by atoms with Crippen LogP contribution in [0.1, 0.15) is 26.7 Å². The van der Waals surface area contributed by atoms with Crippen molar-refractivity contribution in [3.63, 3.8) is 0 Å². The van der Waals surface area contributed by atoms with E-state index < -0.39 is 4.92 Å². The summed E-state index contributed by atoms with van der Waals surface area (Å²) in [6.45, 7) is 4.60. The van der Waals surface area contributed by atoms with Crippen molar-refractivity contribution < 1.29 is 9.66 Å². The standard InChI is InChI=1S/C14H19N3O3/c1-14(2,7-4-8-15)10-16-12-6-5-11(20-3)9-13(12)17(18)19/h5-6,9,16H,4,7,10H2,1-3H3. The first-order valence-corrected chi connectivity index (χ1v) is 6.33. The van der Waals surface area contributed by atoms with Gasteiger partial charge in [0.05, 0.1) is 24.2 Å². The molecular formula is C14H19N3O3. The van der Waals surface area contributed by atoms with Crippen LogP contribution in [0.3, 0.4) is 0 Å². The first-order chi connectivity index (χ1) is 9.39. The largest absolute Gasteiger partial charge is 0.496 e. The fraction of sp³-hybridized carbons (Fsp3) is 0.500. The van der Waals surface area contributed by atoms with E-state index in [1.165, 1.54) is 13.2 Å². The van der Waals surface area contributed by atoms with Crippen LogP contribution in [0.4, 0.5) is 11.4 Å². The van der Waals surface area contributed by atoms with E-state index in [0.29, 0.717) is 24.4 Å². The predicted molar refractivity (Wildman–Crippen MR) is 76.8 cm³/mol. The van der Waals surface area contributed by atoms with E-state index in [1.54, 1.807) is 12.1 Å².